The van der Waals surface area contributed by atoms with Crippen LogP contribution in [0.5, 0.6) is 11.6 Å². The molecule has 1 heterocycles. The molecule has 0 radical (unpaired) electrons. The van der Waals surface area contributed by atoms with Gasteiger partial charge in [-0.15, -0.1) is 0 Å². The van der Waals surface area contributed by atoms with Gasteiger partial charge in [0, 0.05) is 9.64 Å². The van der Waals surface area contributed by atoms with E-state index in [0.717, 1.165) is 9.64 Å². The molecule has 2 rings (SSSR count). The SMILES string of the molecule is Nc1cc(Oc2ccc(I)cc2)nc(C(F)(F)F)n1. The predicted molar refractivity (Wildman–Crippen MR) is 70.7 cm³/mol. The van der Waals surface area contributed by atoms with Crippen molar-refractivity contribution in [1.29, 1.82) is 0 Å². The summed E-state index contributed by atoms with van der Waals surface area (Å²) in [6.07, 6.45) is -4.67. The fourth-order valence-electron chi connectivity index (χ4n) is 1.25. The summed E-state index contributed by atoms with van der Waals surface area (Å²) in [5, 5.41) is 0. The molecule has 4 nitrogen and oxygen atoms in total. The van der Waals surface area contributed by atoms with Crippen LogP contribution in [0.25, 0.3) is 0 Å². The van der Waals surface area contributed by atoms with Gasteiger partial charge in [0.1, 0.15) is 11.6 Å². The van der Waals surface area contributed by atoms with Crippen molar-refractivity contribution in [3.63, 3.8) is 0 Å². The van der Waals surface area contributed by atoms with Crippen molar-refractivity contribution < 1.29 is 17.9 Å². The van der Waals surface area contributed by atoms with Crippen LogP contribution < -0.4 is 10.5 Å². The Morgan fingerprint density at radius 1 is 1.11 bits per heavy atom. The van der Waals surface area contributed by atoms with E-state index in [-0.39, 0.29) is 11.7 Å². The summed E-state index contributed by atoms with van der Waals surface area (Å²) >= 11 is 2.10. The quantitative estimate of drug-likeness (QED) is 0.810. The maximum atomic E-state index is 12.5. The molecule has 1 aromatic heterocycles. The molecule has 100 valence electrons. The molecule has 19 heavy (non-hydrogen) atoms. The average molecular weight is 381 g/mol. The molecule has 2 aromatic rings. The zero-order valence-electron chi connectivity index (χ0n) is 9.28. The maximum absolute atomic E-state index is 12.5. The normalized spacial score (nSPS) is 11.4. The Kier molecular flexibility index (Phi) is 3.78. The number of ether oxygens (including phenoxy) is 1. The maximum Gasteiger partial charge on any atom is 0.451 e. The van der Waals surface area contributed by atoms with Crippen LogP contribution in [-0.4, -0.2) is 9.97 Å². The van der Waals surface area contributed by atoms with E-state index >= 15 is 0 Å². The number of nitrogen functional groups attached to an aromatic ring is 1. The Bertz CT molecular complexity index is 587. The van der Waals surface area contributed by atoms with Gasteiger partial charge in [-0.3, -0.25) is 0 Å². The first kappa shape index (κ1) is 13.8. The first-order chi connectivity index (χ1) is 8.84. The van der Waals surface area contributed by atoms with Crippen LogP contribution in [-0.2, 0) is 6.18 Å². The Hall–Kier alpha value is -1.58. The lowest BCUT2D eigenvalue weighted by Crippen LogP contribution is -2.12. The van der Waals surface area contributed by atoms with Crippen LogP contribution >= 0.6 is 22.6 Å². The van der Waals surface area contributed by atoms with Crippen LogP contribution in [0.3, 0.4) is 0 Å². The van der Waals surface area contributed by atoms with Gasteiger partial charge in [0.05, 0.1) is 0 Å². The number of nitrogens with zero attached hydrogens (tertiary/aromatic N) is 2. The van der Waals surface area contributed by atoms with Gasteiger partial charge in [0.15, 0.2) is 0 Å². The van der Waals surface area contributed by atoms with Gasteiger partial charge in [0.25, 0.3) is 0 Å². The second-order valence-corrected chi connectivity index (χ2v) is 4.75. The molecule has 0 aliphatic rings. The third-order valence-corrected chi connectivity index (χ3v) is 2.73. The lowest BCUT2D eigenvalue weighted by molar-refractivity contribution is -0.145. The third-order valence-electron chi connectivity index (χ3n) is 2.01. The minimum absolute atomic E-state index is 0.249. The second-order valence-electron chi connectivity index (χ2n) is 3.51. The first-order valence-corrected chi connectivity index (χ1v) is 6.07. The number of rotatable bonds is 2. The topological polar surface area (TPSA) is 61.0 Å². The molecule has 0 fully saturated rings. The molecule has 2 N–H and O–H groups in total. The zero-order valence-corrected chi connectivity index (χ0v) is 11.4. The molecular formula is C11H7F3IN3O. The summed E-state index contributed by atoms with van der Waals surface area (Å²) < 4.78 is 43.7. The van der Waals surface area contributed by atoms with Crippen LogP contribution in [0.2, 0.25) is 0 Å². The number of benzene rings is 1. The molecule has 0 amide bonds. The van der Waals surface area contributed by atoms with Crippen molar-refractivity contribution in [2.24, 2.45) is 0 Å². The molecule has 0 aliphatic carbocycles. The van der Waals surface area contributed by atoms with Crippen LogP contribution in [0.15, 0.2) is 30.3 Å². The number of nitrogens with two attached hydrogens (primary N) is 1. The second kappa shape index (κ2) is 5.19. The molecular weight excluding hydrogens is 374 g/mol. The molecule has 0 unspecified atom stereocenters. The van der Waals surface area contributed by atoms with Crippen molar-refractivity contribution in [3.8, 4) is 11.6 Å². The monoisotopic (exact) mass is 381 g/mol. The van der Waals surface area contributed by atoms with E-state index in [1.54, 1.807) is 24.3 Å². The van der Waals surface area contributed by atoms with E-state index < -0.39 is 12.0 Å². The summed E-state index contributed by atoms with van der Waals surface area (Å²) in [5.41, 5.74) is 5.30. The van der Waals surface area contributed by atoms with E-state index in [4.69, 9.17) is 10.5 Å². The molecule has 0 saturated heterocycles. The molecule has 0 saturated carbocycles. The van der Waals surface area contributed by atoms with Gasteiger partial charge in [-0.05, 0) is 46.9 Å². The Labute approximate surface area is 120 Å². The smallest absolute Gasteiger partial charge is 0.439 e. The molecule has 0 spiro atoms. The van der Waals surface area contributed by atoms with E-state index in [2.05, 4.69) is 32.6 Å². The largest absolute Gasteiger partial charge is 0.451 e. The highest BCUT2D eigenvalue weighted by Gasteiger charge is 2.35. The third kappa shape index (κ3) is 3.69. The summed E-state index contributed by atoms with van der Waals surface area (Å²) in [6, 6.07) is 7.88. The van der Waals surface area contributed by atoms with Crippen molar-refractivity contribution in [2.75, 3.05) is 5.73 Å². The van der Waals surface area contributed by atoms with Crippen LogP contribution in [0.1, 0.15) is 5.82 Å². The zero-order chi connectivity index (χ0) is 14.0. The number of aromatic nitrogens is 2. The van der Waals surface area contributed by atoms with Gasteiger partial charge >= 0.3 is 6.18 Å². The van der Waals surface area contributed by atoms with Crippen molar-refractivity contribution >= 4 is 28.4 Å². The van der Waals surface area contributed by atoms with Crippen molar-refractivity contribution in [2.45, 2.75) is 6.18 Å². The lowest BCUT2D eigenvalue weighted by Gasteiger charge is -2.09. The minimum Gasteiger partial charge on any atom is -0.439 e. The van der Waals surface area contributed by atoms with Crippen molar-refractivity contribution in [1.82, 2.24) is 9.97 Å². The average Bonchev–Trinajstić information content (AvgIpc) is 2.30. The van der Waals surface area contributed by atoms with E-state index in [1.807, 2.05) is 0 Å². The molecule has 0 aliphatic heterocycles. The number of hydrogen-bond acceptors (Lipinski definition) is 4. The predicted octanol–water partition coefficient (Wildman–Crippen LogP) is 3.47. The van der Waals surface area contributed by atoms with E-state index in [1.165, 1.54) is 0 Å². The standard InChI is InChI=1S/C11H7F3IN3O/c12-11(13,14)10-17-8(16)5-9(18-10)19-7-3-1-6(15)2-4-7/h1-5H,(H2,16,17,18). The molecule has 0 atom stereocenters. The van der Waals surface area contributed by atoms with Gasteiger partial charge in [-0.25, -0.2) is 4.98 Å². The fraction of sp³-hybridized carbons (Fsp3) is 0.0909. The molecule has 8 heteroatoms. The first-order valence-electron chi connectivity index (χ1n) is 5.00. The van der Waals surface area contributed by atoms with Gasteiger partial charge in [-0.2, -0.15) is 18.2 Å². The van der Waals surface area contributed by atoms with Crippen LogP contribution in [0.4, 0.5) is 19.0 Å². The lowest BCUT2D eigenvalue weighted by atomic mass is 10.3. The number of anilines is 1. The van der Waals surface area contributed by atoms with E-state index in [0.29, 0.717) is 5.75 Å². The Morgan fingerprint density at radius 2 is 1.74 bits per heavy atom. The van der Waals surface area contributed by atoms with Crippen molar-refractivity contribution in [3.05, 3.63) is 39.7 Å². The Balaban J connectivity index is 2.30. The summed E-state index contributed by atoms with van der Waals surface area (Å²) in [6.45, 7) is 0. The highest BCUT2D eigenvalue weighted by atomic mass is 127. The fourth-order valence-corrected chi connectivity index (χ4v) is 1.60. The van der Waals surface area contributed by atoms with Crippen LogP contribution in [0, 0.1) is 3.57 Å². The Morgan fingerprint density at radius 3 is 2.32 bits per heavy atom. The molecule has 1 aromatic carbocycles. The van der Waals surface area contributed by atoms with E-state index in [9.17, 15) is 13.2 Å². The highest BCUT2D eigenvalue weighted by Crippen LogP contribution is 2.29. The van der Waals surface area contributed by atoms with Gasteiger partial charge < -0.3 is 10.5 Å². The van der Waals surface area contributed by atoms with Gasteiger partial charge in [-0.1, -0.05) is 0 Å². The number of alkyl halides is 3. The summed E-state index contributed by atoms with van der Waals surface area (Å²) in [4.78, 5) is 6.40. The highest BCUT2D eigenvalue weighted by molar-refractivity contribution is 14.1. The van der Waals surface area contributed by atoms with Gasteiger partial charge in [0.2, 0.25) is 11.7 Å². The minimum atomic E-state index is -4.67. The summed E-state index contributed by atoms with van der Waals surface area (Å²) in [5.74, 6) is -1.51. The molecule has 0 bridgehead atoms. The number of hydrogen-bond donors (Lipinski definition) is 1. The number of halogens is 4. The summed E-state index contributed by atoms with van der Waals surface area (Å²) in [7, 11) is 0.